The largest absolute Gasteiger partial charge is 0.497 e. The predicted molar refractivity (Wildman–Crippen MR) is 144 cm³/mol. The minimum absolute atomic E-state index is 0.0226. The molecule has 10 heteroatoms. The van der Waals surface area contributed by atoms with Gasteiger partial charge in [0, 0.05) is 5.56 Å². The summed E-state index contributed by atoms with van der Waals surface area (Å²) in [4.78, 5) is 54.0. The summed E-state index contributed by atoms with van der Waals surface area (Å²) >= 11 is 0. The highest BCUT2D eigenvalue weighted by atomic mass is 16.5. The SMILES string of the molecule is CCOC(=O)CC1(O)C(=O)C(C(=O)c2ccc(OC)cc2)=C(c2ccc(OC)cc2)N1c1ccccc1C(=O)O. The summed E-state index contributed by atoms with van der Waals surface area (Å²) in [7, 11) is 2.94. The Morgan fingerprint density at radius 3 is 2.00 bits per heavy atom. The van der Waals surface area contributed by atoms with Crippen molar-refractivity contribution in [3.05, 3.63) is 95.1 Å². The van der Waals surface area contributed by atoms with Gasteiger partial charge in [-0.3, -0.25) is 14.4 Å². The number of hydrogen-bond acceptors (Lipinski definition) is 9. The molecule has 4 rings (SSSR count). The summed E-state index contributed by atoms with van der Waals surface area (Å²) in [5.41, 5.74) is -3.13. The molecule has 0 radical (unpaired) electrons. The molecule has 206 valence electrons. The molecule has 1 heterocycles. The minimum atomic E-state index is -2.68. The van der Waals surface area contributed by atoms with E-state index in [1.165, 1.54) is 50.6 Å². The van der Waals surface area contributed by atoms with Crippen molar-refractivity contribution in [2.45, 2.75) is 19.1 Å². The molecule has 0 spiro atoms. The molecule has 0 amide bonds. The van der Waals surface area contributed by atoms with E-state index in [0.717, 1.165) is 4.90 Å². The topological polar surface area (TPSA) is 140 Å². The monoisotopic (exact) mass is 545 g/mol. The van der Waals surface area contributed by atoms with Gasteiger partial charge in [-0.1, -0.05) is 12.1 Å². The molecule has 0 saturated carbocycles. The molecule has 1 atom stereocenters. The van der Waals surface area contributed by atoms with Crippen molar-refractivity contribution in [1.82, 2.24) is 0 Å². The molecule has 3 aromatic carbocycles. The highest BCUT2D eigenvalue weighted by Crippen LogP contribution is 2.46. The normalized spacial score (nSPS) is 16.6. The fourth-order valence-electron chi connectivity index (χ4n) is 4.57. The zero-order valence-corrected chi connectivity index (χ0v) is 22.0. The number of para-hydroxylation sites is 1. The van der Waals surface area contributed by atoms with Crippen molar-refractivity contribution >= 4 is 34.9 Å². The number of anilines is 1. The number of carboxylic acids is 1. The Balaban J connectivity index is 2.04. The van der Waals surface area contributed by atoms with Gasteiger partial charge in [-0.2, -0.15) is 0 Å². The van der Waals surface area contributed by atoms with Crippen molar-refractivity contribution in [2.75, 3.05) is 25.7 Å². The first-order chi connectivity index (χ1) is 19.2. The average Bonchev–Trinajstić information content (AvgIpc) is 3.18. The fourth-order valence-corrected chi connectivity index (χ4v) is 4.57. The summed E-state index contributed by atoms with van der Waals surface area (Å²) in [5, 5.41) is 22.0. The van der Waals surface area contributed by atoms with Gasteiger partial charge >= 0.3 is 11.9 Å². The molecular weight excluding hydrogens is 518 g/mol. The van der Waals surface area contributed by atoms with E-state index < -0.39 is 41.2 Å². The number of ether oxygens (including phenoxy) is 3. The molecule has 0 saturated heterocycles. The third-order valence-electron chi connectivity index (χ3n) is 6.44. The maximum atomic E-state index is 14.1. The number of nitrogens with zero attached hydrogens (tertiary/aromatic N) is 1. The Kier molecular flexibility index (Phi) is 8.01. The van der Waals surface area contributed by atoms with Gasteiger partial charge in [-0.25, -0.2) is 4.79 Å². The Labute approximate surface area is 230 Å². The molecule has 2 N–H and O–H groups in total. The van der Waals surface area contributed by atoms with Gasteiger partial charge in [0.2, 0.25) is 11.5 Å². The summed E-state index contributed by atoms with van der Waals surface area (Å²) < 4.78 is 15.4. The first-order valence-corrected chi connectivity index (χ1v) is 12.3. The van der Waals surface area contributed by atoms with Gasteiger partial charge in [0.05, 0.1) is 43.3 Å². The van der Waals surface area contributed by atoms with Crippen LogP contribution in [0.3, 0.4) is 0 Å². The van der Waals surface area contributed by atoms with Crippen LogP contribution in [0.25, 0.3) is 5.70 Å². The Morgan fingerprint density at radius 2 is 1.45 bits per heavy atom. The smallest absolute Gasteiger partial charge is 0.337 e. The van der Waals surface area contributed by atoms with E-state index in [0.29, 0.717) is 17.1 Å². The van der Waals surface area contributed by atoms with Gasteiger partial charge in [-0.05, 0) is 73.2 Å². The van der Waals surface area contributed by atoms with Crippen LogP contribution in [0, 0.1) is 0 Å². The number of aliphatic hydroxyl groups is 1. The van der Waals surface area contributed by atoms with E-state index in [1.807, 2.05) is 0 Å². The second-order valence-corrected chi connectivity index (χ2v) is 8.79. The van der Waals surface area contributed by atoms with Crippen molar-refractivity contribution < 1.29 is 43.6 Å². The van der Waals surface area contributed by atoms with Crippen LogP contribution in [0.1, 0.15) is 39.6 Å². The molecule has 1 unspecified atom stereocenters. The molecule has 3 aromatic rings. The summed E-state index contributed by atoms with van der Waals surface area (Å²) in [6, 6.07) is 18.0. The van der Waals surface area contributed by atoms with Crippen LogP contribution in [-0.4, -0.2) is 60.3 Å². The molecule has 0 aromatic heterocycles. The van der Waals surface area contributed by atoms with E-state index in [1.54, 1.807) is 43.3 Å². The van der Waals surface area contributed by atoms with E-state index in [2.05, 4.69) is 0 Å². The van der Waals surface area contributed by atoms with Crippen molar-refractivity contribution in [1.29, 1.82) is 0 Å². The maximum absolute atomic E-state index is 14.1. The minimum Gasteiger partial charge on any atom is -0.497 e. The number of hydrogen-bond donors (Lipinski definition) is 2. The van der Waals surface area contributed by atoms with E-state index in [9.17, 15) is 29.4 Å². The summed E-state index contributed by atoms with van der Waals surface area (Å²) in [6.45, 7) is 1.54. The van der Waals surface area contributed by atoms with Crippen LogP contribution in [0.15, 0.2) is 78.4 Å². The lowest BCUT2D eigenvalue weighted by Gasteiger charge is -2.36. The number of carbonyl (C=O) groups is 4. The predicted octanol–water partition coefficient (Wildman–Crippen LogP) is 3.73. The van der Waals surface area contributed by atoms with E-state index in [-0.39, 0.29) is 29.1 Å². The van der Waals surface area contributed by atoms with Crippen molar-refractivity contribution in [3.63, 3.8) is 0 Å². The number of carbonyl (C=O) groups excluding carboxylic acids is 3. The summed E-state index contributed by atoms with van der Waals surface area (Å²) in [6.07, 6.45) is -0.868. The second kappa shape index (κ2) is 11.4. The third-order valence-corrected chi connectivity index (χ3v) is 6.44. The molecule has 10 nitrogen and oxygen atoms in total. The zero-order valence-electron chi connectivity index (χ0n) is 22.0. The lowest BCUT2D eigenvalue weighted by atomic mass is 9.93. The molecule has 1 aliphatic heterocycles. The van der Waals surface area contributed by atoms with Crippen molar-refractivity contribution in [2.24, 2.45) is 0 Å². The van der Waals surface area contributed by atoms with Crippen LogP contribution in [0.2, 0.25) is 0 Å². The number of esters is 1. The van der Waals surface area contributed by atoms with Crippen LogP contribution in [0.4, 0.5) is 5.69 Å². The number of Topliss-reactive ketones (excluding diaryl/α,β-unsaturated/α-hetero) is 2. The lowest BCUT2D eigenvalue weighted by molar-refractivity contribution is -0.152. The van der Waals surface area contributed by atoms with E-state index >= 15 is 0 Å². The van der Waals surface area contributed by atoms with Crippen LogP contribution >= 0.6 is 0 Å². The molecule has 0 bridgehead atoms. The van der Waals surface area contributed by atoms with Crippen LogP contribution in [-0.2, 0) is 14.3 Å². The number of aromatic carboxylic acids is 1. The highest BCUT2D eigenvalue weighted by Gasteiger charge is 2.56. The van der Waals surface area contributed by atoms with Gasteiger partial charge in [0.15, 0.2) is 5.78 Å². The van der Waals surface area contributed by atoms with Crippen molar-refractivity contribution in [3.8, 4) is 11.5 Å². The number of ketones is 2. The molecule has 1 aliphatic rings. The first kappa shape index (κ1) is 28.1. The van der Waals surface area contributed by atoms with Gasteiger partial charge in [-0.15, -0.1) is 0 Å². The average molecular weight is 546 g/mol. The standard InChI is InChI=1S/C30H27NO9/c1-4-40-24(32)17-30(37)28(34)25(27(33)19-11-15-21(39-3)16-12-19)26(18-9-13-20(38-2)14-10-18)31(30)23-8-6-5-7-22(23)29(35)36/h5-16,37H,4,17H2,1-3H3,(H,35,36). The Morgan fingerprint density at radius 1 is 0.875 bits per heavy atom. The lowest BCUT2D eigenvalue weighted by Crippen LogP contribution is -2.52. The van der Waals surface area contributed by atoms with E-state index in [4.69, 9.17) is 14.2 Å². The maximum Gasteiger partial charge on any atom is 0.337 e. The van der Waals surface area contributed by atoms with Gasteiger partial charge < -0.3 is 29.3 Å². The number of benzene rings is 3. The Bertz CT molecular complexity index is 1490. The Hall–Kier alpha value is -4.96. The fraction of sp³-hybridized carbons (Fsp3) is 0.200. The van der Waals surface area contributed by atoms with Crippen LogP contribution < -0.4 is 14.4 Å². The second-order valence-electron chi connectivity index (χ2n) is 8.79. The first-order valence-electron chi connectivity index (χ1n) is 12.3. The number of methoxy groups -OCH3 is 2. The number of rotatable bonds is 10. The molecule has 0 fully saturated rings. The quantitative estimate of drug-likeness (QED) is 0.220. The van der Waals surface area contributed by atoms with Gasteiger partial charge in [0.1, 0.15) is 17.9 Å². The molecule has 0 aliphatic carbocycles. The van der Waals surface area contributed by atoms with Gasteiger partial charge in [0.25, 0.3) is 0 Å². The highest BCUT2D eigenvalue weighted by molar-refractivity contribution is 6.37. The zero-order chi connectivity index (χ0) is 29.0. The molecule has 40 heavy (non-hydrogen) atoms. The number of carboxylic acid groups (broad SMARTS) is 1. The summed E-state index contributed by atoms with van der Waals surface area (Å²) in [5.74, 6) is -3.11. The third kappa shape index (κ3) is 5.04. The van der Waals surface area contributed by atoms with Crippen LogP contribution in [0.5, 0.6) is 11.5 Å². The molecular formula is C30H27NO9.